The second-order valence-corrected chi connectivity index (χ2v) is 2.28. The van der Waals surface area contributed by atoms with Gasteiger partial charge in [0.25, 0.3) is 0 Å². The van der Waals surface area contributed by atoms with Gasteiger partial charge in [-0.1, -0.05) is 19.9 Å². The average molecular weight is 158 g/mol. The molecule has 0 aliphatic heterocycles. The van der Waals surface area contributed by atoms with Crippen LogP contribution in [0, 0.1) is 0 Å². The summed E-state index contributed by atoms with van der Waals surface area (Å²) in [5.41, 5.74) is 0. The zero-order valence-corrected chi connectivity index (χ0v) is 6.75. The quantitative estimate of drug-likeness (QED) is 0.477. The van der Waals surface area contributed by atoms with E-state index in [0.717, 1.165) is 12.5 Å². The number of hydrogen-bond donors (Lipinski definition) is 1. The maximum Gasteiger partial charge on any atom is 0.330 e. The van der Waals surface area contributed by atoms with Crippen LogP contribution in [0.15, 0.2) is 12.7 Å². The third kappa shape index (κ3) is 5.61. The Balaban J connectivity index is 3.37. The Hall–Kier alpha value is -0.830. The van der Waals surface area contributed by atoms with Crippen LogP contribution >= 0.6 is 0 Å². The Morgan fingerprint density at radius 2 is 2.45 bits per heavy atom. The topological polar surface area (TPSA) is 46.5 Å². The van der Waals surface area contributed by atoms with Gasteiger partial charge in [0.15, 0.2) is 0 Å². The molecule has 0 aromatic carbocycles. The summed E-state index contributed by atoms with van der Waals surface area (Å²) in [4.78, 5) is 10.5. The SMILES string of the molecule is C=CC(=O)OC[C@@H](O)CCC. The van der Waals surface area contributed by atoms with E-state index in [9.17, 15) is 4.79 Å². The van der Waals surface area contributed by atoms with Gasteiger partial charge in [0.05, 0.1) is 6.10 Å². The largest absolute Gasteiger partial charge is 0.460 e. The molecule has 0 saturated heterocycles. The minimum Gasteiger partial charge on any atom is -0.460 e. The number of carbonyl (C=O) groups excluding carboxylic acids is 1. The first kappa shape index (κ1) is 10.2. The highest BCUT2D eigenvalue weighted by Crippen LogP contribution is 1.96. The van der Waals surface area contributed by atoms with Gasteiger partial charge in [-0.25, -0.2) is 4.79 Å². The number of carbonyl (C=O) groups is 1. The van der Waals surface area contributed by atoms with Crippen molar-refractivity contribution in [3.05, 3.63) is 12.7 Å². The zero-order valence-electron chi connectivity index (χ0n) is 6.75. The third-order valence-electron chi connectivity index (χ3n) is 1.21. The van der Waals surface area contributed by atoms with Crippen LogP contribution in [0.5, 0.6) is 0 Å². The Kier molecular flexibility index (Phi) is 5.47. The summed E-state index contributed by atoms with van der Waals surface area (Å²) in [7, 11) is 0. The van der Waals surface area contributed by atoms with Gasteiger partial charge in [0.1, 0.15) is 6.61 Å². The Labute approximate surface area is 66.7 Å². The summed E-state index contributed by atoms with van der Waals surface area (Å²) in [5, 5.41) is 9.08. The van der Waals surface area contributed by atoms with Crippen LogP contribution in [-0.4, -0.2) is 23.8 Å². The van der Waals surface area contributed by atoms with Crippen LogP contribution in [0.2, 0.25) is 0 Å². The van der Waals surface area contributed by atoms with Crippen LogP contribution in [0.1, 0.15) is 19.8 Å². The Morgan fingerprint density at radius 1 is 1.82 bits per heavy atom. The third-order valence-corrected chi connectivity index (χ3v) is 1.21. The molecule has 3 nitrogen and oxygen atoms in total. The van der Waals surface area contributed by atoms with Crippen LogP contribution in [-0.2, 0) is 9.53 Å². The van der Waals surface area contributed by atoms with Crippen LogP contribution < -0.4 is 0 Å². The fraction of sp³-hybridized carbons (Fsp3) is 0.625. The predicted molar refractivity (Wildman–Crippen MR) is 42.1 cm³/mol. The molecule has 0 amide bonds. The van der Waals surface area contributed by atoms with Crippen molar-refractivity contribution in [2.45, 2.75) is 25.9 Å². The standard InChI is InChI=1S/C8H14O3/c1-3-5-7(9)6-11-8(10)4-2/h4,7,9H,2-3,5-6H2,1H3/t7-/m0/s1. The number of aliphatic hydroxyl groups excluding tert-OH is 1. The normalized spacial score (nSPS) is 12.2. The predicted octanol–water partition coefficient (Wildman–Crippen LogP) is 0.877. The Morgan fingerprint density at radius 3 is 2.91 bits per heavy atom. The van der Waals surface area contributed by atoms with Crippen molar-refractivity contribution in [3.63, 3.8) is 0 Å². The molecule has 0 bridgehead atoms. The summed E-state index contributed by atoms with van der Waals surface area (Å²) in [5.74, 6) is -0.486. The van der Waals surface area contributed by atoms with E-state index in [2.05, 4.69) is 11.3 Å². The highest BCUT2D eigenvalue weighted by molar-refractivity contribution is 5.81. The average Bonchev–Trinajstić information content (AvgIpc) is 2.01. The lowest BCUT2D eigenvalue weighted by Crippen LogP contribution is -2.16. The number of rotatable bonds is 5. The van der Waals surface area contributed by atoms with Crippen molar-refractivity contribution < 1.29 is 14.6 Å². The lowest BCUT2D eigenvalue weighted by atomic mass is 10.2. The highest BCUT2D eigenvalue weighted by atomic mass is 16.5. The summed E-state index contributed by atoms with van der Waals surface area (Å²) in [6.07, 6.45) is 2.08. The van der Waals surface area contributed by atoms with Crippen molar-refractivity contribution in [2.24, 2.45) is 0 Å². The van der Waals surface area contributed by atoms with E-state index in [4.69, 9.17) is 5.11 Å². The minimum atomic E-state index is -0.538. The molecular weight excluding hydrogens is 144 g/mol. The van der Waals surface area contributed by atoms with Gasteiger partial charge in [-0.3, -0.25) is 0 Å². The van der Waals surface area contributed by atoms with E-state index < -0.39 is 12.1 Å². The molecule has 0 saturated carbocycles. The van der Waals surface area contributed by atoms with E-state index in [0.29, 0.717) is 6.42 Å². The van der Waals surface area contributed by atoms with Crippen LogP contribution in [0.3, 0.4) is 0 Å². The zero-order chi connectivity index (χ0) is 8.69. The Bertz CT molecular complexity index is 131. The first-order valence-electron chi connectivity index (χ1n) is 3.68. The maximum atomic E-state index is 10.5. The highest BCUT2D eigenvalue weighted by Gasteiger charge is 2.04. The van der Waals surface area contributed by atoms with Crippen molar-refractivity contribution in [2.75, 3.05) is 6.61 Å². The molecule has 0 fully saturated rings. The number of hydrogen-bond acceptors (Lipinski definition) is 3. The van der Waals surface area contributed by atoms with Crippen molar-refractivity contribution >= 4 is 5.97 Å². The summed E-state index contributed by atoms with van der Waals surface area (Å²) < 4.78 is 4.60. The molecule has 0 spiro atoms. The van der Waals surface area contributed by atoms with E-state index in [1.165, 1.54) is 0 Å². The van der Waals surface area contributed by atoms with E-state index in [1.54, 1.807) is 0 Å². The van der Waals surface area contributed by atoms with E-state index >= 15 is 0 Å². The number of esters is 1. The molecule has 3 heteroatoms. The first-order chi connectivity index (χ1) is 5.20. The molecule has 11 heavy (non-hydrogen) atoms. The summed E-state index contributed by atoms with van der Waals surface area (Å²) >= 11 is 0. The first-order valence-corrected chi connectivity index (χ1v) is 3.68. The minimum absolute atomic E-state index is 0.0681. The summed E-state index contributed by atoms with van der Waals surface area (Å²) in [6, 6.07) is 0. The number of ether oxygens (including phenoxy) is 1. The lowest BCUT2D eigenvalue weighted by molar-refractivity contribution is -0.140. The second-order valence-electron chi connectivity index (χ2n) is 2.28. The molecule has 0 unspecified atom stereocenters. The molecule has 0 heterocycles. The van der Waals surface area contributed by atoms with Crippen molar-refractivity contribution in [1.82, 2.24) is 0 Å². The molecule has 0 aromatic heterocycles. The van der Waals surface area contributed by atoms with Gasteiger partial charge in [-0.2, -0.15) is 0 Å². The fourth-order valence-corrected chi connectivity index (χ4v) is 0.654. The molecule has 0 radical (unpaired) electrons. The van der Waals surface area contributed by atoms with Gasteiger partial charge in [-0.15, -0.1) is 0 Å². The molecule has 0 aliphatic carbocycles. The summed E-state index contributed by atoms with van der Waals surface area (Å²) in [6.45, 7) is 5.25. The second kappa shape index (κ2) is 5.92. The molecule has 0 aliphatic rings. The van der Waals surface area contributed by atoms with Crippen LogP contribution in [0.4, 0.5) is 0 Å². The van der Waals surface area contributed by atoms with E-state index in [1.807, 2.05) is 6.92 Å². The molecule has 64 valence electrons. The molecule has 1 atom stereocenters. The number of aliphatic hydroxyl groups is 1. The smallest absolute Gasteiger partial charge is 0.330 e. The fourth-order valence-electron chi connectivity index (χ4n) is 0.654. The van der Waals surface area contributed by atoms with Crippen LogP contribution in [0.25, 0.3) is 0 Å². The molecule has 1 N–H and O–H groups in total. The molecule has 0 rings (SSSR count). The van der Waals surface area contributed by atoms with Gasteiger partial charge in [0, 0.05) is 6.08 Å². The van der Waals surface area contributed by atoms with Crippen molar-refractivity contribution in [1.29, 1.82) is 0 Å². The lowest BCUT2D eigenvalue weighted by Gasteiger charge is -2.07. The van der Waals surface area contributed by atoms with Crippen molar-refractivity contribution in [3.8, 4) is 0 Å². The molecule has 0 aromatic rings. The van der Waals surface area contributed by atoms with Gasteiger partial charge >= 0.3 is 5.97 Å². The molecular formula is C8H14O3. The van der Waals surface area contributed by atoms with E-state index in [-0.39, 0.29) is 6.61 Å². The van der Waals surface area contributed by atoms with Gasteiger partial charge in [-0.05, 0) is 6.42 Å². The maximum absolute atomic E-state index is 10.5. The van der Waals surface area contributed by atoms with Gasteiger partial charge in [0.2, 0.25) is 0 Å². The monoisotopic (exact) mass is 158 g/mol. The van der Waals surface area contributed by atoms with Gasteiger partial charge < -0.3 is 9.84 Å².